The molecule has 8 nitrogen and oxygen atoms in total. The number of aromatic hydroxyl groups is 1. The second kappa shape index (κ2) is 12.9. The van der Waals surface area contributed by atoms with Gasteiger partial charge in [0.2, 0.25) is 0 Å². The van der Waals surface area contributed by atoms with E-state index in [0.29, 0.717) is 23.6 Å². The van der Waals surface area contributed by atoms with Gasteiger partial charge in [0.05, 0.1) is 16.3 Å². The topological polar surface area (TPSA) is 130 Å². The van der Waals surface area contributed by atoms with Crippen molar-refractivity contribution < 1.29 is 33.0 Å². The molecule has 0 saturated carbocycles. The Morgan fingerprint density at radius 2 is 1.66 bits per heavy atom. The van der Waals surface area contributed by atoms with Crippen LogP contribution in [0.5, 0.6) is 11.5 Å². The van der Waals surface area contributed by atoms with Gasteiger partial charge in [-0.05, 0) is 79.4 Å². The van der Waals surface area contributed by atoms with Crippen molar-refractivity contribution in [2.75, 3.05) is 17.7 Å². The number of ketones is 1. The first-order valence-corrected chi connectivity index (χ1v) is 14.0. The van der Waals surface area contributed by atoms with E-state index >= 15 is 0 Å². The monoisotopic (exact) mass is 559 g/mol. The molecule has 3 rings (SSSR count). The minimum absolute atomic E-state index is 0.0597. The molecule has 2 unspecified atom stereocenters. The first-order chi connectivity index (χ1) is 18.0. The Morgan fingerprint density at radius 1 is 1.00 bits per heavy atom. The molecule has 2 atom stereocenters. The zero-order chi connectivity index (χ0) is 27.9. The zero-order valence-electron chi connectivity index (χ0n) is 21.1. The fourth-order valence-electron chi connectivity index (χ4n) is 3.78. The molecule has 1 amide bonds. The lowest BCUT2D eigenvalue weighted by molar-refractivity contribution is -0.127. The number of phenols is 1. The van der Waals surface area contributed by atoms with E-state index in [1.54, 1.807) is 43.3 Å². The second-order valence-electron chi connectivity index (χ2n) is 8.93. The van der Waals surface area contributed by atoms with Crippen molar-refractivity contribution >= 4 is 38.8 Å². The largest absolute Gasteiger partial charge is 0.506 e. The summed E-state index contributed by atoms with van der Waals surface area (Å²) in [6, 6.07) is 17.4. The van der Waals surface area contributed by atoms with E-state index in [0.717, 1.165) is 11.1 Å². The number of carbonyl (C=O) groups is 2. The number of hydrogen-bond acceptors (Lipinski definition) is 7. The van der Waals surface area contributed by atoms with Gasteiger partial charge in [0, 0.05) is 10.9 Å². The Hall–Kier alpha value is -3.40. The highest BCUT2D eigenvalue weighted by Gasteiger charge is 2.19. The summed E-state index contributed by atoms with van der Waals surface area (Å²) in [6.07, 6.45) is -0.278. The zero-order valence-corrected chi connectivity index (χ0v) is 22.6. The molecule has 0 aliphatic rings. The Balaban J connectivity index is 1.52. The number of carbonyl (C=O) groups excluding carboxylic acids is 2. The van der Waals surface area contributed by atoms with Gasteiger partial charge < -0.3 is 20.3 Å². The minimum Gasteiger partial charge on any atom is -0.506 e. The number of nitrogens with one attached hydrogen (secondary N) is 1. The van der Waals surface area contributed by atoms with Gasteiger partial charge >= 0.3 is 0 Å². The predicted octanol–water partition coefficient (Wildman–Crippen LogP) is 4.52. The number of benzene rings is 3. The summed E-state index contributed by atoms with van der Waals surface area (Å²) < 4.78 is 30.5. The van der Waals surface area contributed by atoms with Gasteiger partial charge in [0.1, 0.15) is 17.6 Å². The third-order valence-electron chi connectivity index (χ3n) is 5.97. The molecular weight excluding hydrogens is 530 g/mol. The molecular formula is C28H30ClNO7S. The van der Waals surface area contributed by atoms with Crippen molar-refractivity contribution in [2.45, 2.75) is 43.6 Å². The van der Waals surface area contributed by atoms with E-state index in [4.69, 9.17) is 16.3 Å². The smallest absolute Gasteiger partial charge is 0.262 e. The fraction of sp³-hybridized carbons (Fsp3) is 0.286. The number of anilines is 1. The van der Waals surface area contributed by atoms with Crippen LogP contribution in [0, 0.1) is 0 Å². The summed E-state index contributed by atoms with van der Waals surface area (Å²) in [6.45, 7) is 2.82. The van der Waals surface area contributed by atoms with Gasteiger partial charge in [-0.3, -0.25) is 9.59 Å². The first-order valence-electron chi connectivity index (χ1n) is 12.0. The van der Waals surface area contributed by atoms with Crippen LogP contribution in [-0.2, 0) is 25.8 Å². The summed E-state index contributed by atoms with van der Waals surface area (Å²) in [5, 5.41) is 22.7. The Kier molecular flexibility index (Phi) is 9.90. The first kappa shape index (κ1) is 29.2. The maximum atomic E-state index is 12.5. The number of ether oxygens (including phenoxy) is 1. The number of amides is 1. The SMILES string of the molecule is CC(O)C(=O)C(C)c1ccc(OCC(=O)Nc2cc(CCCS(=O)(=O)c3ccc(Cl)cc3)ccc2O)cc1. The molecule has 0 saturated heterocycles. The van der Waals surface area contributed by atoms with Crippen molar-refractivity contribution in [3.05, 3.63) is 82.9 Å². The van der Waals surface area contributed by atoms with Crippen molar-refractivity contribution in [1.29, 1.82) is 0 Å². The van der Waals surface area contributed by atoms with Gasteiger partial charge in [0.15, 0.2) is 22.2 Å². The molecule has 0 aromatic heterocycles. The van der Waals surface area contributed by atoms with Crippen LogP contribution in [0.15, 0.2) is 71.6 Å². The quantitative estimate of drug-likeness (QED) is 0.278. The van der Waals surface area contributed by atoms with E-state index in [1.165, 1.54) is 37.3 Å². The minimum atomic E-state index is -3.46. The number of rotatable bonds is 12. The number of halogens is 1. The maximum Gasteiger partial charge on any atom is 0.262 e. The lowest BCUT2D eigenvalue weighted by Crippen LogP contribution is -2.22. The number of sulfone groups is 1. The van der Waals surface area contributed by atoms with Crippen LogP contribution in [0.1, 0.15) is 37.3 Å². The van der Waals surface area contributed by atoms with Crippen LogP contribution in [0.4, 0.5) is 5.69 Å². The molecule has 0 fully saturated rings. The maximum absolute atomic E-state index is 12.5. The highest BCUT2D eigenvalue weighted by atomic mass is 35.5. The number of aryl methyl sites for hydroxylation is 1. The van der Waals surface area contributed by atoms with Crippen LogP contribution in [0.3, 0.4) is 0 Å². The number of Topliss-reactive ketones (excluding diaryl/α,β-unsaturated/α-hetero) is 1. The third kappa shape index (κ3) is 8.05. The lowest BCUT2D eigenvalue weighted by atomic mass is 9.94. The Bertz CT molecular complexity index is 1370. The molecule has 38 heavy (non-hydrogen) atoms. The van der Waals surface area contributed by atoms with E-state index in [9.17, 15) is 28.2 Å². The van der Waals surface area contributed by atoms with Crippen LogP contribution in [0.25, 0.3) is 0 Å². The van der Waals surface area contributed by atoms with E-state index in [2.05, 4.69) is 5.32 Å². The molecule has 0 radical (unpaired) electrons. The van der Waals surface area contributed by atoms with Crippen molar-refractivity contribution in [2.24, 2.45) is 0 Å². The molecule has 0 aliphatic heterocycles. The average Bonchev–Trinajstić information content (AvgIpc) is 2.89. The van der Waals surface area contributed by atoms with Crippen molar-refractivity contribution in [1.82, 2.24) is 0 Å². The predicted molar refractivity (Wildman–Crippen MR) is 146 cm³/mol. The average molecular weight is 560 g/mol. The molecule has 0 aliphatic carbocycles. The summed E-state index contributed by atoms with van der Waals surface area (Å²) in [5.41, 5.74) is 1.66. The molecule has 202 valence electrons. The van der Waals surface area contributed by atoms with Gasteiger partial charge in [-0.1, -0.05) is 36.7 Å². The third-order valence-corrected chi connectivity index (χ3v) is 8.04. The fourth-order valence-corrected chi connectivity index (χ4v) is 5.22. The molecule has 3 aromatic carbocycles. The summed E-state index contributed by atoms with van der Waals surface area (Å²) in [5.74, 6) is -1.03. The van der Waals surface area contributed by atoms with E-state index in [-0.39, 0.29) is 34.5 Å². The normalized spacial score (nSPS) is 12.9. The molecule has 0 spiro atoms. The summed E-state index contributed by atoms with van der Waals surface area (Å²) >= 11 is 5.82. The molecule has 3 aromatic rings. The van der Waals surface area contributed by atoms with Crippen molar-refractivity contribution in [3.8, 4) is 11.5 Å². The van der Waals surface area contributed by atoms with Gasteiger partial charge in [-0.2, -0.15) is 0 Å². The van der Waals surface area contributed by atoms with Gasteiger partial charge in [-0.15, -0.1) is 0 Å². The van der Waals surface area contributed by atoms with Crippen LogP contribution in [-0.4, -0.2) is 48.8 Å². The van der Waals surface area contributed by atoms with Gasteiger partial charge in [0.25, 0.3) is 5.91 Å². The number of aliphatic hydroxyl groups excluding tert-OH is 1. The van der Waals surface area contributed by atoms with Crippen LogP contribution < -0.4 is 10.1 Å². The van der Waals surface area contributed by atoms with Gasteiger partial charge in [-0.25, -0.2) is 8.42 Å². The number of phenolic OH excluding ortho intramolecular Hbond substituents is 1. The van der Waals surface area contributed by atoms with E-state index < -0.39 is 27.8 Å². The second-order valence-corrected chi connectivity index (χ2v) is 11.5. The highest BCUT2D eigenvalue weighted by Crippen LogP contribution is 2.26. The number of aliphatic hydroxyl groups is 1. The van der Waals surface area contributed by atoms with E-state index in [1.807, 2.05) is 0 Å². The van der Waals surface area contributed by atoms with Crippen molar-refractivity contribution in [3.63, 3.8) is 0 Å². The molecule has 10 heteroatoms. The molecule has 3 N–H and O–H groups in total. The highest BCUT2D eigenvalue weighted by molar-refractivity contribution is 7.91. The van der Waals surface area contributed by atoms with Crippen LogP contribution >= 0.6 is 11.6 Å². The summed E-state index contributed by atoms with van der Waals surface area (Å²) in [4.78, 5) is 24.6. The standard InChI is InChI=1S/C28H30ClNO7S/c1-18(28(34)19(2)31)21-6-10-23(11-7-21)37-17-27(33)30-25-16-20(5-14-26(25)32)4-3-15-38(35,36)24-12-8-22(29)9-13-24/h5-14,16,18-19,31-32H,3-4,15,17H2,1-2H3,(H,30,33). The number of hydrogen-bond donors (Lipinski definition) is 3. The Morgan fingerprint density at radius 3 is 2.29 bits per heavy atom. The lowest BCUT2D eigenvalue weighted by Gasteiger charge is -2.14. The molecule has 0 bridgehead atoms. The Labute approximate surface area is 227 Å². The van der Waals surface area contributed by atoms with Crippen LogP contribution in [0.2, 0.25) is 5.02 Å². The molecule has 0 heterocycles. The summed E-state index contributed by atoms with van der Waals surface area (Å²) in [7, 11) is -3.46.